The van der Waals surface area contributed by atoms with Crippen LogP contribution in [0.1, 0.15) is 35.2 Å². The lowest BCUT2D eigenvalue weighted by Gasteiger charge is -2.29. The Hall–Kier alpha value is -4.25. The highest BCUT2D eigenvalue weighted by Crippen LogP contribution is 2.43. The van der Waals surface area contributed by atoms with Gasteiger partial charge in [0.25, 0.3) is 5.91 Å². The number of amides is 1. The lowest BCUT2D eigenvalue weighted by Crippen LogP contribution is -2.31. The molecule has 6 rings (SSSR count). The Morgan fingerprint density at radius 3 is 2.59 bits per heavy atom. The topological polar surface area (TPSA) is 90.3 Å². The second-order valence-corrected chi connectivity index (χ2v) is 12.9. The molecule has 11 heteroatoms. The van der Waals surface area contributed by atoms with E-state index in [4.69, 9.17) is 31.2 Å². The van der Waals surface area contributed by atoms with E-state index in [1.54, 1.807) is 11.8 Å². The molecule has 0 bridgehead atoms. The van der Waals surface area contributed by atoms with E-state index in [1.165, 1.54) is 11.8 Å². The number of halogens is 2. The molecule has 0 radical (unpaired) electrons. The van der Waals surface area contributed by atoms with Crippen molar-refractivity contribution >= 4 is 56.8 Å². The van der Waals surface area contributed by atoms with Crippen LogP contribution < -0.4 is 20.1 Å². The van der Waals surface area contributed by atoms with E-state index in [1.807, 2.05) is 105 Å². The zero-order chi connectivity index (χ0) is 32.2. The van der Waals surface area contributed by atoms with Crippen molar-refractivity contribution < 1.29 is 14.3 Å². The number of thioether (sulfide) groups is 1. The molecule has 0 fully saturated rings. The summed E-state index contributed by atoms with van der Waals surface area (Å²) < 4.78 is 14.5. The molecule has 0 saturated heterocycles. The molecule has 234 valence electrons. The third kappa shape index (κ3) is 6.94. The summed E-state index contributed by atoms with van der Waals surface area (Å²) >= 11 is 11.6. The van der Waals surface area contributed by atoms with Gasteiger partial charge in [-0.3, -0.25) is 4.79 Å². The molecule has 2 N–H and O–H groups in total. The number of hydrogen-bond acceptors (Lipinski definition) is 7. The van der Waals surface area contributed by atoms with Crippen LogP contribution in [0.25, 0.3) is 0 Å². The summed E-state index contributed by atoms with van der Waals surface area (Å²) in [5.74, 6) is 1.94. The summed E-state index contributed by atoms with van der Waals surface area (Å²) in [6, 6.07) is 28.5. The number of hydrogen-bond donors (Lipinski definition) is 2. The van der Waals surface area contributed by atoms with E-state index in [9.17, 15) is 4.79 Å². The highest BCUT2D eigenvalue weighted by atomic mass is 79.9. The summed E-state index contributed by atoms with van der Waals surface area (Å²) in [6.07, 6.45) is 0. The van der Waals surface area contributed by atoms with Gasteiger partial charge in [-0.2, -0.15) is 4.98 Å². The predicted molar refractivity (Wildman–Crippen MR) is 187 cm³/mol. The Bertz CT molecular complexity index is 1930. The number of benzene rings is 4. The van der Waals surface area contributed by atoms with E-state index in [0.29, 0.717) is 61.4 Å². The average Bonchev–Trinajstić information content (AvgIpc) is 3.45. The molecule has 46 heavy (non-hydrogen) atoms. The molecule has 2 heterocycles. The number of aryl methyl sites for hydroxylation is 1. The molecule has 1 unspecified atom stereocenters. The Morgan fingerprint density at radius 2 is 1.83 bits per heavy atom. The highest BCUT2D eigenvalue weighted by molar-refractivity contribution is 9.10. The number of methoxy groups -OCH3 is 1. The number of anilines is 2. The molecule has 1 aliphatic rings. The van der Waals surface area contributed by atoms with Crippen LogP contribution in [0.5, 0.6) is 11.5 Å². The van der Waals surface area contributed by atoms with Crippen LogP contribution in [-0.2, 0) is 17.2 Å². The van der Waals surface area contributed by atoms with Crippen molar-refractivity contribution in [1.29, 1.82) is 0 Å². The molecule has 0 aliphatic carbocycles. The molecule has 1 aromatic heterocycles. The van der Waals surface area contributed by atoms with Crippen LogP contribution in [0.4, 0.5) is 11.6 Å². The summed E-state index contributed by atoms with van der Waals surface area (Å²) in [7, 11) is 1.60. The van der Waals surface area contributed by atoms with Crippen molar-refractivity contribution in [2.45, 2.75) is 37.4 Å². The van der Waals surface area contributed by atoms with Crippen molar-refractivity contribution in [1.82, 2.24) is 14.8 Å². The quantitative estimate of drug-likeness (QED) is 0.140. The van der Waals surface area contributed by atoms with Gasteiger partial charge in [0.15, 0.2) is 11.5 Å². The molecule has 1 aliphatic heterocycles. The summed E-state index contributed by atoms with van der Waals surface area (Å²) in [6.45, 7) is 4.22. The lowest BCUT2D eigenvalue weighted by atomic mass is 9.94. The van der Waals surface area contributed by atoms with Gasteiger partial charge in [-0.05, 0) is 82.4 Å². The number of ether oxygens (including phenoxy) is 2. The van der Waals surface area contributed by atoms with Gasteiger partial charge in [-0.1, -0.05) is 84.0 Å². The van der Waals surface area contributed by atoms with E-state index >= 15 is 0 Å². The van der Waals surface area contributed by atoms with Gasteiger partial charge in [0.1, 0.15) is 12.6 Å². The van der Waals surface area contributed by atoms with Gasteiger partial charge in [0, 0.05) is 22.2 Å². The van der Waals surface area contributed by atoms with Crippen molar-refractivity contribution in [3.05, 3.63) is 134 Å². The number of rotatable bonds is 10. The number of nitrogens with one attached hydrogen (secondary N) is 2. The molecule has 5 aromatic rings. The first-order chi connectivity index (χ1) is 22.3. The van der Waals surface area contributed by atoms with E-state index in [0.717, 1.165) is 22.3 Å². The number of carbonyl (C=O) groups excluding carboxylic acids is 1. The second kappa shape index (κ2) is 14.0. The third-order valence-electron chi connectivity index (χ3n) is 7.46. The van der Waals surface area contributed by atoms with Gasteiger partial charge in [0.2, 0.25) is 11.1 Å². The third-order valence-corrected chi connectivity index (χ3v) is 9.31. The van der Waals surface area contributed by atoms with Gasteiger partial charge in [-0.15, -0.1) is 5.10 Å². The maximum Gasteiger partial charge on any atom is 0.255 e. The fourth-order valence-electron chi connectivity index (χ4n) is 5.24. The van der Waals surface area contributed by atoms with Crippen LogP contribution in [0, 0.1) is 6.92 Å². The molecule has 1 amide bonds. The summed E-state index contributed by atoms with van der Waals surface area (Å²) in [4.78, 5) is 18.8. The fourth-order valence-corrected chi connectivity index (χ4v) is 6.93. The Morgan fingerprint density at radius 1 is 1.04 bits per heavy atom. The van der Waals surface area contributed by atoms with Crippen molar-refractivity contribution in [2.75, 3.05) is 17.7 Å². The standard InChI is InChI=1S/C35H31BrClN5O3S/c1-21-10-9-14-26(16-21)39-33(43)30-22(2)38-34-40-35(46-20-24-13-7-8-15-28(24)37)41-42(34)31(30)25-17-27(36)32(29(18-25)44-3)45-19-23-11-5-4-6-12-23/h4-18,31H,19-20H2,1-3H3,(H,39,43)(H,38,40,41). The summed E-state index contributed by atoms with van der Waals surface area (Å²) in [5.41, 5.74) is 5.68. The van der Waals surface area contributed by atoms with Crippen LogP contribution >= 0.6 is 39.3 Å². The zero-order valence-corrected chi connectivity index (χ0v) is 28.5. The lowest BCUT2D eigenvalue weighted by molar-refractivity contribution is -0.113. The molecule has 0 saturated carbocycles. The van der Waals surface area contributed by atoms with Crippen molar-refractivity contribution in [3.63, 3.8) is 0 Å². The minimum atomic E-state index is -0.628. The van der Waals surface area contributed by atoms with Crippen LogP contribution in [0.3, 0.4) is 0 Å². The first kappa shape index (κ1) is 31.7. The van der Waals surface area contributed by atoms with Gasteiger partial charge in [-0.25, -0.2) is 4.68 Å². The van der Waals surface area contributed by atoms with Crippen LogP contribution in [-0.4, -0.2) is 27.8 Å². The molecule has 0 spiro atoms. The minimum absolute atomic E-state index is 0.258. The van der Waals surface area contributed by atoms with Gasteiger partial charge >= 0.3 is 0 Å². The van der Waals surface area contributed by atoms with Crippen molar-refractivity contribution in [3.8, 4) is 11.5 Å². The smallest absolute Gasteiger partial charge is 0.255 e. The minimum Gasteiger partial charge on any atom is -0.493 e. The largest absolute Gasteiger partial charge is 0.493 e. The number of carbonyl (C=O) groups is 1. The predicted octanol–water partition coefficient (Wildman–Crippen LogP) is 8.81. The number of allylic oxidation sites excluding steroid dienone is 1. The monoisotopic (exact) mass is 715 g/mol. The van der Waals surface area contributed by atoms with E-state index in [2.05, 4.69) is 26.6 Å². The Kier molecular flexibility index (Phi) is 9.67. The maximum absolute atomic E-state index is 14.0. The normalized spacial score (nSPS) is 14.0. The molecule has 4 aromatic carbocycles. The van der Waals surface area contributed by atoms with Gasteiger partial charge in [0.05, 0.1) is 17.2 Å². The zero-order valence-electron chi connectivity index (χ0n) is 25.4. The molecular weight excluding hydrogens is 686 g/mol. The average molecular weight is 717 g/mol. The van der Waals surface area contributed by atoms with Gasteiger partial charge < -0.3 is 20.1 Å². The number of nitrogens with zero attached hydrogens (tertiary/aromatic N) is 3. The SMILES string of the molecule is COc1cc(C2C(C(=O)Nc3cccc(C)c3)=C(C)Nc3nc(SCc4ccccc4Cl)nn32)cc(Br)c1OCc1ccccc1. The van der Waals surface area contributed by atoms with Crippen molar-refractivity contribution in [2.24, 2.45) is 0 Å². The van der Waals surface area contributed by atoms with Crippen LogP contribution in [0.2, 0.25) is 5.02 Å². The van der Waals surface area contributed by atoms with E-state index in [-0.39, 0.29) is 5.91 Å². The van der Waals surface area contributed by atoms with E-state index < -0.39 is 6.04 Å². The maximum atomic E-state index is 14.0. The first-order valence-corrected chi connectivity index (χ1v) is 16.7. The molecule has 8 nitrogen and oxygen atoms in total. The molecular formula is C35H31BrClN5O3S. The Balaban J connectivity index is 1.38. The Labute approximate surface area is 285 Å². The second-order valence-electron chi connectivity index (χ2n) is 10.7. The first-order valence-electron chi connectivity index (χ1n) is 14.5. The number of fused-ring (bicyclic) bond motifs is 1. The fraction of sp³-hybridized carbons (Fsp3) is 0.171. The summed E-state index contributed by atoms with van der Waals surface area (Å²) in [5, 5.41) is 12.5. The van der Waals surface area contributed by atoms with Crippen LogP contribution in [0.15, 0.2) is 112 Å². The number of aromatic nitrogens is 3. The highest BCUT2D eigenvalue weighted by Gasteiger charge is 2.35. The molecule has 1 atom stereocenters.